The summed E-state index contributed by atoms with van der Waals surface area (Å²) in [5.74, 6) is 0.171. The number of nitrogens with zero attached hydrogens (tertiary/aromatic N) is 2. The number of fused-ring (bicyclic) bond motifs is 1. The molecule has 1 amide bonds. The third kappa shape index (κ3) is 4.24. The van der Waals surface area contributed by atoms with Crippen molar-refractivity contribution in [3.05, 3.63) is 64.7 Å². The van der Waals surface area contributed by atoms with Crippen LogP contribution in [-0.4, -0.2) is 37.5 Å². The van der Waals surface area contributed by atoms with E-state index in [1.165, 1.54) is 17.7 Å². The van der Waals surface area contributed by atoms with E-state index < -0.39 is 11.7 Å². The Hall–Kier alpha value is -2.54. The van der Waals surface area contributed by atoms with Crippen molar-refractivity contribution in [1.82, 2.24) is 10.2 Å². The van der Waals surface area contributed by atoms with E-state index >= 15 is 0 Å². The average molecular weight is 403 g/mol. The molecular formula is C22H24F3N3O. The van der Waals surface area contributed by atoms with Gasteiger partial charge in [-0.25, -0.2) is 0 Å². The number of amides is 1. The van der Waals surface area contributed by atoms with Crippen LogP contribution in [0, 0.1) is 5.92 Å². The fourth-order valence-electron chi connectivity index (χ4n) is 4.09. The minimum atomic E-state index is -4.31. The molecule has 0 atom stereocenters. The highest BCUT2D eigenvalue weighted by Crippen LogP contribution is 2.33. The Bertz CT molecular complexity index is 889. The van der Waals surface area contributed by atoms with Gasteiger partial charge < -0.3 is 10.2 Å². The molecule has 0 aromatic heterocycles. The summed E-state index contributed by atoms with van der Waals surface area (Å²) in [6, 6.07) is 12.2. The van der Waals surface area contributed by atoms with Gasteiger partial charge >= 0.3 is 6.18 Å². The summed E-state index contributed by atoms with van der Waals surface area (Å²) in [6.45, 7) is 3.61. The molecule has 0 spiro atoms. The summed E-state index contributed by atoms with van der Waals surface area (Å²) in [4.78, 5) is 15.9. The van der Waals surface area contributed by atoms with Crippen LogP contribution in [0.15, 0.2) is 42.5 Å². The van der Waals surface area contributed by atoms with Crippen LogP contribution in [0.4, 0.5) is 18.9 Å². The van der Waals surface area contributed by atoms with Gasteiger partial charge in [-0.1, -0.05) is 18.2 Å². The van der Waals surface area contributed by atoms with Gasteiger partial charge in [0.25, 0.3) is 0 Å². The van der Waals surface area contributed by atoms with Gasteiger partial charge in [-0.05, 0) is 47.4 Å². The van der Waals surface area contributed by atoms with Gasteiger partial charge in [0.05, 0.1) is 11.5 Å². The molecule has 0 aliphatic carbocycles. The molecule has 7 heteroatoms. The first-order valence-electron chi connectivity index (χ1n) is 9.80. The van der Waals surface area contributed by atoms with Crippen LogP contribution in [0.2, 0.25) is 0 Å². The van der Waals surface area contributed by atoms with Gasteiger partial charge in [0, 0.05) is 45.5 Å². The third-order valence-corrected chi connectivity index (χ3v) is 5.83. The molecule has 1 saturated heterocycles. The normalized spacial score (nSPS) is 17.6. The van der Waals surface area contributed by atoms with Gasteiger partial charge in [-0.2, -0.15) is 13.2 Å². The molecule has 2 aromatic carbocycles. The highest BCUT2D eigenvalue weighted by molar-refractivity contribution is 5.79. The Labute approximate surface area is 168 Å². The molecule has 1 fully saturated rings. The molecule has 4 nitrogen and oxygen atoms in total. The number of hydrogen-bond donors (Lipinski definition) is 1. The maximum absolute atomic E-state index is 13.0. The van der Waals surface area contributed by atoms with Crippen molar-refractivity contribution in [2.45, 2.75) is 25.7 Å². The van der Waals surface area contributed by atoms with Crippen LogP contribution in [0.5, 0.6) is 0 Å². The zero-order valence-electron chi connectivity index (χ0n) is 16.3. The van der Waals surface area contributed by atoms with Crippen molar-refractivity contribution < 1.29 is 18.0 Å². The summed E-state index contributed by atoms with van der Waals surface area (Å²) in [6.07, 6.45) is -3.57. The van der Waals surface area contributed by atoms with Crippen LogP contribution < -0.4 is 10.2 Å². The quantitative estimate of drug-likeness (QED) is 0.850. The molecule has 0 radical (unpaired) electrons. The fraction of sp³-hybridized carbons (Fsp3) is 0.409. The monoisotopic (exact) mass is 403 g/mol. The van der Waals surface area contributed by atoms with Crippen molar-refractivity contribution in [1.29, 1.82) is 0 Å². The molecule has 2 aromatic rings. The molecule has 29 heavy (non-hydrogen) atoms. The number of likely N-dealkylation sites (tertiary alicyclic amines) is 1. The van der Waals surface area contributed by atoms with Gasteiger partial charge in [-0.3, -0.25) is 9.69 Å². The first-order valence-corrected chi connectivity index (χ1v) is 9.80. The second-order valence-electron chi connectivity index (χ2n) is 7.82. The smallest absolute Gasteiger partial charge is 0.367 e. The van der Waals surface area contributed by atoms with E-state index in [4.69, 9.17) is 0 Å². The lowest BCUT2D eigenvalue weighted by atomic mass is 9.96. The molecular weight excluding hydrogens is 379 g/mol. The lowest BCUT2D eigenvalue weighted by molar-refractivity contribution is -0.137. The number of carbonyl (C=O) groups excluding carboxylic acids is 1. The Balaban J connectivity index is 1.38. The Kier molecular flexibility index (Phi) is 5.25. The van der Waals surface area contributed by atoms with Gasteiger partial charge in [0.1, 0.15) is 0 Å². The van der Waals surface area contributed by atoms with Crippen LogP contribution in [0.1, 0.15) is 22.3 Å². The Morgan fingerprint density at radius 3 is 2.48 bits per heavy atom. The van der Waals surface area contributed by atoms with Gasteiger partial charge in [-0.15, -0.1) is 0 Å². The summed E-state index contributed by atoms with van der Waals surface area (Å²) in [5.41, 5.74) is 3.34. The van der Waals surface area contributed by atoms with Crippen LogP contribution >= 0.6 is 0 Å². The van der Waals surface area contributed by atoms with Crippen molar-refractivity contribution in [2.75, 3.05) is 31.6 Å². The molecule has 4 rings (SSSR count). The molecule has 0 unspecified atom stereocenters. The zero-order chi connectivity index (χ0) is 20.6. The van der Waals surface area contributed by atoms with Crippen LogP contribution in [-0.2, 0) is 30.5 Å². The lowest BCUT2D eigenvalue weighted by Crippen LogP contribution is -2.52. The van der Waals surface area contributed by atoms with E-state index in [9.17, 15) is 18.0 Å². The zero-order valence-corrected chi connectivity index (χ0v) is 16.3. The summed E-state index contributed by atoms with van der Waals surface area (Å²) < 4.78 is 39.0. The molecule has 2 heterocycles. The summed E-state index contributed by atoms with van der Waals surface area (Å²) in [7, 11) is 1.66. The largest absolute Gasteiger partial charge is 0.416 e. The van der Waals surface area contributed by atoms with Crippen molar-refractivity contribution >= 4 is 11.6 Å². The maximum atomic E-state index is 13.0. The predicted octanol–water partition coefficient (Wildman–Crippen LogP) is 3.45. The average Bonchev–Trinajstić information content (AvgIpc) is 2.68. The van der Waals surface area contributed by atoms with Crippen LogP contribution in [0.3, 0.4) is 0 Å². The van der Waals surface area contributed by atoms with Crippen molar-refractivity contribution in [3.63, 3.8) is 0 Å². The number of nitrogens with one attached hydrogen (secondary N) is 1. The maximum Gasteiger partial charge on any atom is 0.416 e. The Morgan fingerprint density at radius 1 is 1.10 bits per heavy atom. The highest BCUT2D eigenvalue weighted by Gasteiger charge is 2.32. The van der Waals surface area contributed by atoms with Crippen molar-refractivity contribution in [2.24, 2.45) is 5.92 Å². The van der Waals surface area contributed by atoms with Gasteiger partial charge in [0.2, 0.25) is 5.91 Å². The second kappa shape index (κ2) is 7.71. The molecule has 0 bridgehead atoms. The fourth-order valence-corrected chi connectivity index (χ4v) is 4.09. The number of halogens is 3. The Morgan fingerprint density at radius 2 is 1.83 bits per heavy atom. The van der Waals surface area contributed by atoms with E-state index in [-0.39, 0.29) is 11.8 Å². The number of rotatable bonds is 4. The first kappa shape index (κ1) is 19.8. The van der Waals surface area contributed by atoms with Gasteiger partial charge in [0.15, 0.2) is 0 Å². The molecule has 2 aliphatic heterocycles. The van der Waals surface area contributed by atoms with E-state index in [1.807, 2.05) is 12.1 Å². The van der Waals surface area contributed by atoms with E-state index in [1.54, 1.807) is 13.1 Å². The lowest BCUT2D eigenvalue weighted by Gasteiger charge is -2.38. The second-order valence-corrected chi connectivity index (χ2v) is 7.82. The van der Waals surface area contributed by atoms with Crippen LogP contribution in [0.25, 0.3) is 0 Å². The standard InChI is InChI=1S/C22H24F3N3O/c1-26-21(29)18-12-27(13-18)11-15-2-6-20(7-3-15)28-9-8-16-4-5-19(22(23,24)25)10-17(16)14-28/h2-7,10,18H,8-9,11-14H2,1H3,(H,26,29). The minimum Gasteiger partial charge on any atom is -0.367 e. The van der Waals surface area contributed by atoms with E-state index in [2.05, 4.69) is 27.2 Å². The first-order chi connectivity index (χ1) is 13.8. The number of hydrogen-bond acceptors (Lipinski definition) is 3. The van der Waals surface area contributed by atoms with E-state index in [0.717, 1.165) is 49.4 Å². The number of alkyl halides is 3. The summed E-state index contributed by atoms with van der Waals surface area (Å²) >= 11 is 0. The highest BCUT2D eigenvalue weighted by atomic mass is 19.4. The van der Waals surface area contributed by atoms with E-state index in [0.29, 0.717) is 6.54 Å². The molecule has 1 N–H and O–H groups in total. The predicted molar refractivity (Wildman–Crippen MR) is 105 cm³/mol. The third-order valence-electron chi connectivity index (χ3n) is 5.83. The summed E-state index contributed by atoms with van der Waals surface area (Å²) in [5, 5.41) is 2.68. The minimum absolute atomic E-state index is 0.0780. The number of carbonyl (C=O) groups is 1. The molecule has 2 aliphatic rings. The topological polar surface area (TPSA) is 35.6 Å². The SMILES string of the molecule is CNC(=O)C1CN(Cc2ccc(N3CCc4ccc(C(F)(F)F)cc4C3)cc2)C1. The molecule has 154 valence electrons. The number of benzene rings is 2. The molecule has 0 saturated carbocycles. The number of anilines is 1. The van der Waals surface area contributed by atoms with Crippen molar-refractivity contribution in [3.8, 4) is 0 Å².